The van der Waals surface area contributed by atoms with Crippen LogP contribution >= 0.6 is 0 Å². The molecule has 67 heavy (non-hydrogen) atoms. The average molecular weight is 954 g/mol. The Bertz CT molecular complexity index is 2040. The van der Waals surface area contributed by atoms with Crippen LogP contribution in [0.3, 0.4) is 0 Å². The zero-order chi connectivity index (χ0) is 50.0. The van der Waals surface area contributed by atoms with Crippen molar-refractivity contribution in [2.75, 3.05) is 6.61 Å². The van der Waals surface area contributed by atoms with Crippen molar-refractivity contribution in [2.45, 2.75) is 212 Å². The van der Waals surface area contributed by atoms with E-state index in [2.05, 4.69) is 53.4 Å². The second-order valence-electron chi connectivity index (χ2n) is 22.8. The van der Waals surface area contributed by atoms with Gasteiger partial charge in [0.15, 0.2) is 18.0 Å². The standard InChI is InChI=1S/C52H79NO13Si/c1-18-37-61-40-38-32(10)35(60-46(56)41(66-67(29(4)5,30(6)7)31(8)9)39(28(2)3)53-47(57)65-48(12,13)14)26-52(58,49(38,15)16)44(63-45(55)34-22-20-19-21-23-34)42-50(17,43(40)62-37)25-24-36-51(42,27-59-36)64-33(11)54/h18-23,28-31,35-37,39-44,58H,1,24-27H2,2-17H3,(H,53,57)/t35-,36+,37+,39-,40+,41+,42-,43+,44-,50+,51-,52+/m0/s1. The smallest absolute Gasteiger partial charge is 0.407 e. The molecular formula is C52H79NO13Si. The van der Waals surface area contributed by atoms with E-state index in [1.807, 2.05) is 41.5 Å². The molecule has 4 fully saturated rings. The van der Waals surface area contributed by atoms with Crippen LogP contribution in [0.5, 0.6) is 0 Å². The maximum Gasteiger partial charge on any atom is 0.407 e. The van der Waals surface area contributed by atoms with E-state index in [0.29, 0.717) is 24.0 Å². The van der Waals surface area contributed by atoms with Gasteiger partial charge in [0, 0.05) is 24.2 Å². The first-order chi connectivity index (χ1) is 31.0. The van der Waals surface area contributed by atoms with Crippen molar-refractivity contribution in [1.29, 1.82) is 0 Å². The SMILES string of the molecule is C=C[C@@H]1O[C@@H]2C3=C(C)[C@@H](OC(=O)[C@H](O[Si](C(C)C)(C(C)C)C(C)C)[C@@H](NC(=O)OC(C)(C)C)C(C)C)C[C@@](O)([C@@H](OC(=O)c4ccccc4)[C@H]4[C@@](C)(CC[C@H]5OC[C@]54OC(C)=O)[C@@H]2O1)C3(C)C. The van der Waals surface area contributed by atoms with Gasteiger partial charge in [-0.15, -0.1) is 0 Å². The number of aliphatic hydroxyl groups is 1. The lowest BCUT2D eigenvalue weighted by molar-refractivity contribution is -0.345. The quantitative estimate of drug-likeness (QED) is 0.0783. The van der Waals surface area contributed by atoms with Crippen molar-refractivity contribution < 1.29 is 61.9 Å². The highest BCUT2D eigenvalue weighted by atomic mass is 28.4. The molecule has 374 valence electrons. The predicted molar refractivity (Wildman–Crippen MR) is 254 cm³/mol. The molecule has 2 aliphatic heterocycles. The number of hydrogen-bond donors (Lipinski definition) is 2. The van der Waals surface area contributed by atoms with Crippen LogP contribution < -0.4 is 5.32 Å². The van der Waals surface area contributed by atoms with Crippen molar-refractivity contribution in [3.05, 3.63) is 59.7 Å². The second-order valence-corrected chi connectivity index (χ2v) is 28.2. The third kappa shape index (κ3) is 9.19. The van der Waals surface area contributed by atoms with Gasteiger partial charge < -0.3 is 48.0 Å². The number of carbonyl (C=O) groups is 4. The number of amides is 1. The van der Waals surface area contributed by atoms with Gasteiger partial charge in [0.1, 0.15) is 35.6 Å². The Labute approximate surface area is 399 Å². The lowest BCUT2D eigenvalue weighted by Crippen LogP contribution is -2.79. The van der Waals surface area contributed by atoms with Gasteiger partial charge in [0.2, 0.25) is 8.32 Å². The summed E-state index contributed by atoms with van der Waals surface area (Å²) in [6.07, 6.45) is -5.21. The highest BCUT2D eigenvalue weighted by molar-refractivity contribution is 6.77. The zero-order valence-electron chi connectivity index (χ0n) is 42.9. The summed E-state index contributed by atoms with van der Waals surface area (Å²) in [6, 6.07) is 7.65. The Morgan fingerprint density at radius 3 is 2.06 bits per heavy atom. The Balaban J connectivity index is 1.57. The molecule has 1 aromatic carbocycles. The summed E-state index contributed by atoms with van der Waals surface area (Å²) in [5.74, 6) is -3.22. The fourth-order valence-corrected chi connectivity index (χ4v) is 18.4. The first-order valence-corrected chi connectivity index (χ1v) is 26.5. The van der Waals surface area contributed by atoms with Crippen molar-refractivity contribution in [3.63, 3.8) is 0 Å². The van der Waals surface area contributed by atoms with Gasteiger partial charge in [-0.25, -0.2) is 14.4 Å². The Morgan fingerprint density at radius 2 is 1.55 bits per heavy atom. The second kappa shape index (κ2) is 19.0. The number of fused-ring (bicyclic) bond motifs is 8. The summed E-state index contributed by atoms with van der Waals surface area (Å²) >= 11 is 0. The highest BCUT2D eigenvalue weighted by Gasteiger charge is 2.77. The molecule has 2 bridgehead atoms. The molecule has 3 aliphatic carbocycles. The third-order valence-corrected chi connectivity index (χ3v) is 22.0. The summed E-state index contributed by atoms with van der Waals surface area (Å²) in [7, 11) is -2.88. The molecule has 0 spiro atoms. The molecule has 2 N–H and O–H groups in total. The van der Waals surface area contributed by atoms with Crippen LogP contribution in [-0.4, -0.2) is 110 Å². The van der Waals surface area contributed by atoms with Gasteiger partial charge in [0.05, 0.1) is 30.2 Å². The molecule has 0 radical (unpaired) electrons. The van der Waals surface area contributed by atoms with Crippen LogP contribution in [-0.2, 0) is 47.2 Å². The van der Waals surface area contributed by atoms with E-state index in [9.17, 15) is 19.5 Å². The van der Waals surface area contributed by atoms with E-state index in [4.69, 9.17) is 37.6 Å². The minimum atomic E-state index is -2.88. The average Bonchev–Trinajstić information content (AvgIpc) is 3.64. The Kier molecular flexibility index (Phi) is 14.9. The predicted octanol–water partition coefficient (Wildman–Crippen LogP) is 9.14. The Hall–Kier alpha value is -3.60. The number of alkyl carbamates (subject to hydrolysis) is 1. The minimum Gasteiger partial charge on any atom is -0.456 e. The largest absolute Gasteiger partial charge is 0.456 e. The van der Waals surface area contributed by atoms with E-state index >= 15 is 4.79 Å². The fraction of sp³-hybridized carbons (Fsp3) is 0.731. The van der Waals surface area contributed by atoms with Gasteiger partial charge in [-0.2, -0.15) is 0 Å². The van der Waals surface area contributed by atoms with Crippen LogP contribution in [0.25, 0.3) is 0 Å². The maximum atomic E-state index is 15.5. The number of rotatable bonds is 14. The molecular weight excluding hydrogens is 875 g/mol. The van der Waals surface area contributed by atoms with E-state index < -0.39 is 115 Å². The van der Waals surface area contributed by atoms with Crippen LogP contribution in [0.2, 0.25) is 16.6 Å². The number of benzene rings is 1. The van der Waals surface area contributed by atoms with Crippen molar-refractivity contribution >= 4 is 32.3 Å². The minimum absolute atomic E-state index is 0.00980. The molecule has 1 amide bonds. The van der Waals surface area contributed by atoms with Crippen molar-refractivity contribution in [1.82, 2.24) is 5.32 Å². The third-order valence-electron chi connectivity index (χ3n) is 16.0. The molecule has 0 aromatic heterocycles. The summed E-state index contributed by atoms with van der Waals surface area (Å²) in [4.78, 5) is 57.0. The van der Waals surface area contributed by atoms with Crippen molar-refractivity contribution in [3.8, 4) is 0 Å². The van der Waals surface area contributed by atoms with Crippen LogP contribution in [0.15, 0.2) is 54.1 Å². The molecule has 2 saturated heterocycles. The number of ether oxygens (including phenoxy) is 7. The molecule has 0 unspecified atom stereocenters. The molecule has 5 aliphatic rings. The number of esters is 3. The fourth-order valence-electron chi connectivity index (χ4n) is 12.9. The first-order valence-electron chi connectivity index (χ1n) is 24.3. The van der Waals surface area contributed by atoms with E-state index in [-0.39, 0.29) is 41.1 Å². The van der Waals surface area contributed by atoms with Gasteiger partial charge in [-0.05, 0) is 92.4 Å². The first kappa shape index (κ1) is 52.8. The summed E-state index contributed by atoms with van der Waals surface area (Å²) in [5.41, 5.74) is -4.71. The van der Waals surface area contributed by atoms with E-state index in [1.165, 1.54) is 6.92 Å². The number of hydrogen-bond acceptors (Lipinski definition) is 13. The number of carbonyl (C=O) groups excluding carboxylic acids is 4. The lowest BCUT2D eigenvalue weighted by atomic mass is 9.45. The topological polar surface area (TPSA) is 174 Å². The molecule has 2 heterocycles. The van der Waals surface area contributed by atoms with Crippen LogP contribution in [0.1, 0.15) is 140 Å². The maximum absolute atomic E-state index is 15.5. The molecule has 15 heteroatoms. The van der Waals surface area contributed by atoms with Gasteiger partial charge in [-0.3, -0.25) is 4.79 Å². The normalized spacial score (nSPS) is 33.3. The molecule has 6 rings (SSSR count). The summed E-state index contributed by atoms with van der Waals surface area (Å²) < 4.78 is 52.8. The van der Waals surface area contributed by atoms with Crippen LogP contribution in [0, 0.1) is 22.7 Å². The van der Waals surface area contributed by atoms with Crippen LogP contribution in [0.4, 0.5) is 4.79 Å². The molecule has 14 nitrogen and oxygen atoms in total. The zero-order valence-corrected chi connectivity index (χ0v) is 43.9. The van der Waals surface area contributed by atoms with Gasteiger partial charge >= 0.3 is 24.0 Å². The Morgan fingerprint density at radius 1 is 0.940 bits per heavy atom. The summed E-state index contributed by atoms with van der Waals surface area (Å²) in [5, 5.41) is 17.1. The van der Waals surface area contributed by atoms with Gasteiger partial charge in [0.25, 0.3) is 0 Å². The molecule has 1 aromatic rings. The highest BCUT2D eigenvalue weighted by Crippen LogP contribution is 2.67. The monoisotopic (exact) mass is 954 g/mol. The number of nitrogens with one attached hydrogen (secondary N) is 1. The van der Waals surface area contributed by atoms with E-state index in [0.717, 1.165) is 0 Å². The van der Waals surface area contributed by atoms with Crippen molar-refractivity contribution in [2.24, 2.45) is 22.7 Å². The lowest BCUT2D eigenvalue weighted by Gasteiger charge is -2.68. The van der Waals surface area contributed by atoms with E-state index in [1.54, 1.807) is 57.2 Å². The molecule has 12 atom stereocenters. The van der Waals surface area contributed by atoms with Gasteiger partial charge in [-0.1, -0.05) is 101 Å². The molecule has 2 saturated carbocycles. The summed E-state index contributed by atoms with van der Waals surface area (Å²) in [6.45, 7) is 34.9.